The molecule has 0 aliphatic carbocycles. The van der Waals surface area contributed by atoms with Gasteiger partial charge < -0.3 is 20.1 Å². The molecule has 1 fully saturated rings. The van der Waals surface area contributed by atoms with Crippen LogP contribution in [-0.4, -0.2) is 59.9 Å². The van der Waals surface area contributed by atoms with Crippen LogP contribution in [0.15, 0.2) is 65.6 Å². The van der Waals surface area contributed by atoms with Crippen LogP contribution in [0.1, 0.15) is 70.9 Å². The normalized spacial score (nSPS) is 13.9. The molecule has 2 amide bonds. The maximum atomic E-state index is 14.4. The lowest BCUT2D eigenvalue weighted by atomic mass is 9.93. The molecule has 2 aromatic carbocycles. The van der Waals surface area contributed by atoms with E-state index in [-0.39, 0.29) is 23.1 Å². The van der Waals surface area contributed by atoms with Gasteiger partial charge in [-0.3, -0.25) is 14.3 Å². The van der Waals surface area contributed by atoms with Crippen molar-refractivity contribution < 1.29 is 14.3 Å². The number of aryl methyl sites for hydroxylation is 1. The number of hydrogen-bond donors (Lipinski definition) is 2. The zero-order chi connectivity index (χ0) is 33.5. The summed E-state index contributed by atoms with van der Waals surface area (Å²) in [7, 11) is 0. The Morgan fingerprint density at radius 1 is 0.894 bits per heavy atom. The van der Waals surface area contributed by atoms with Gasteiger partial charge in [-0.05, 0) is 65.1 Å². The Bertz CT molecular complexity index is 1710. The number of para-hydroxylation sites is 1. The first-order chi connectivity index (χ1) is 22.6. The molecule has 4 aromatic rings. The van der Waals surface area contributed by atoms with Crippen LogP contribution in [0.25, 0.3) is 22.2 Å². The molecule has 47 heavy (non-hydrogen) atoms. The van der Waals surface area contributed by atoms with E-state index in [1.807, 2.05) is 54.6 Å². The van der Waals surface area contributed by atoms with Crippen molar-refractivity contribution in [1.82, 2.24) is 14.5 Å². The highest BCUT2D eigenvalue weighted by atomic mass is 16.5. The molecule has 0 spiro atoms. The van der Waals surface area contributed by atoms with Gasteiger partial charge in [0.1, 0.15) is 23.7 Å². The zero-order valence-corrected chi connectivity index (χ0v) is 28.6. The molecule has 250 valence electrons. The average Bonchev–Trinajstić information content (AvgIpc) is 3.05. The lowest BCUT2D eigenvalue weighted by Crippen LogP contribution is -2.38. The number of amides is 2. The van der Waals surface area contributed by atoms with Crippen molar-refractivity contribution >= 4 is 28.4 Å². The van der Waals surface area contributed by atoms with E-state index in [9.17, 15) is 9.59 Å². The van der Waals surface area contributed by atoms with Crippen LogP contribution in [0.5, 0.6) is 5.75 Å². The molecule has 9 heteroatoms. The number of rotatable bonds is 12. The number of nitrogens with zero attached hydrogens (tertiary/aromatic N) is 3. The monoisotopic (exact) mass is 639 g/mol. The number of carbonyl (C=O) groups is 1. The van der Waals surface area contributed by atoms with Crippen molar-refractivity contribution in [3.63, 3.8) is 0 Å². The Morgan fingerprint density at radius 2 is 1.57 bits per heavy atom. The lowest BCUT2D eigenvalue weighted by molar-refractivity contribution is 0.0322. The number of morpholine rings is 1. The number of pyridine rings is 2. The Balaban J connectivity index is 1.56. The lowest BCUT2D eigenvalue weighted by Gasteiger charge is -2.26. The number of benzene rings is 2. The molecule has 0 bridgehead atoms. The summed E-state index contributed by atoms with van der Waals surface area (Å²) in [6.45, 7) is 17.8. The number of anilines is 2. The second kappa shape index (κ2) is 15.6. The van der Waals surface area contributed by atoms with Crippen LogP contribution < -0.4 is 20.9 Å². The third kappa shape index (κ3) is 8.21. The first kappa shape index (κ1) is 34.1. The summed E-state index contributed by atoms with van der Waals surface area (Å²) in [6.07, 6.45) is 2.50. The minimum Gasteiger partial charge on any atom is -0.492 e. The van der Waals surface area contributed by atoms with Crippen molar-refractivity contribution in [3.05, 3.63) is 82.3 Å². The molecule has 0 unspecified atom stereocenters. The molecular weight excluding hydrogens is 590 g/mol. The van der Waals surface area contributed by atoms with Crippen molar-refractivity contribution in [2.75, 3.05) is 50.1 Å². The Labute approximate surface area is 278 Å². The van der Waals surface area contributed by atoms with Crippen molar-refractivity contribution in [3.8, 4) is 16.9 Å². The summed E-state index contributed by atoms with van der Waals surface area (Å²) < 4.78 is 13.3. The van der Waals surface area contributed by atoms with E-state index in [0.29, 0.717) is 36.0 Å². The van der Waals surface area contributed by atoms with Gasteiger partial charge in [0.15, 0.2) is 0 Å². The largest absolute Gasteiger partial charge is 0.492 e. The highest BCUT2D eigenvalue weighted by molar-refractivity contribution is 6.07. The fraction of sp³-hybridized carbons (Fsp3) is 0.447. The van der Waals surface area contributed by atoms with Crippen LogP contribution >= 0.6 is 0 Å². The molecule has 1 aliphatic heterocycles. The van der Waals surface area contributed by atoms with Crippen LogP contribution in [-0.2, 0) is 11.3 Å². The molecule has 0 atom stereocenters. The first-order valence-corrected chi connectivity index (χ1v) is 16.9. The summed E-state index contributed by atoms with van der Waals surface area (Å²) in [4.78, 5) is 35.3. The van der Waals surface area contributed by atoms with E-state index >= 15 is 0 Å². The number of ether oxygens (including phenoxy) is 2. The third-order valence-corrected chi connectivity index (χ3v) is 8.70. The highest BCUT2D eigenvalue weighted by Crippen LogP contribution is 2.36. The summed E-state index contributed by atoms with van der Waals surface area (Å²) in [5, 5.41) is 6.93. The highest BCUT2D eigenvalue weighted by Gasteiger charge is 2.23. The Kier molecular flexibility index (Phi) is 11.3. The maximum Gasteiger partial charge on any atom is 0.323 e. The molecule has 0 radical (unpaired) electrons. The maximum absolute atomic E-state index is 14.4. The predicted molar refractivity (Wildman–Crippen MR) is 191 cm³/mol. The minimum atomic E-state index is -0.463. The second-order valence-corrected chi connectivity index (χ2v) is 13.3. The first-order valence-electron chi connectivity index (χ1n) is 16.9. The van der Waals surface area contributed by atoms with Crippen LogP contribution in [0.2, 0.25) is 0 Å². The van der Waals surface area contributed by atoms with Gasteiger partial charge in [-0.1, -0.05) is 71.9 Å². The van der Waals surface area contributed by atoms with Gasteiger partial charge in [0.25, 0.3) is 5.56 Å². The van der Waals surface area contributed by atoms with Gasteiger partial charge in [-0.15, -0.1) is 0 Å². The fourth-order valence-electron chi connectivity index (χ4n) is 6.10. The molecule has 1 aliphatic rings. The SMILES string of the molecule is CC(C)CCn1c(=O)c(NC(=O)Nc2c(C(C)C)cccc2C(C)C)c(-c2cccc(OCCN3CCOCC3)c2)c2cccnc21. The molecule has 5 rings (SSSR count). The van der Waals surface area contributed by atoms with Crippen LogP contribution in [0.3, 0.4) is 0 Å². The summed E-state index contributed by atoms with van der Waals surface area (Å²) in [5.74, 6) is 1.48. The minimum absolute atomic E-state index is 0.200. The van der Waals surface area contributed by atoms with Gasteiger partial charge in [0, 0.05) is 49.0 Å². The van der Waals surface area contributed by atoms with E-state index in [2.05, 4.69) is 62.1 Å². The summed E-state index contributed by atoms with van der Waals surface area (Å²) in [6, 6.07) is 17.2. The quantitative estimate of drug-likeness (QED) is 0.165. The van der Waals surface area contributed by atoms with Gasteiger partial charge >= 0.3 is 6.03 Å². The Hall–Kier alpha value is -4.21. The number of aromatic nitrogens is 2. The molecular formula is C38H49N5O4. The van der Waals surface area contributed by atoms with Gasteiger partial charge in [-0.2, -0.15) is 0 Å². The van der Waals surface area contributed by atoms with E-state index < -0.39 is 6.03 Å². The molecule has 1 saturated heterocycles. The van der Waals surface area contributed by atoms with Crippen LogP contribution in [0, 0.1) is 5.92 Å². The predicted octanol–water partition coefficient (Wildman–Crippen LogP) is 7.71. The topological polar surface area (TPSA) is 97.7 Å². The second-order valence-electron chi connectivity index (χ2n) is 13.3. The van der Waals surface area contributed by atoms with Crippen molar-refractivity contribution in [1.29, 1.82) is 0 Å². The van der Waals surface area contributed by atoms with Gasteiger partial charge in [0.2, 0.25) is 0 Å². The van der Waals surface area contributed by atoms with Crippen LogP contribution in [0.4, 0.5) is 16.2 Å². The van der Waals surface area contributed by atoms with E-state index in [1.165, 1.54) is 0 Å². The summed E-state index contributed by atoms with van der Waals surface area (Å²) in [5.41, 5.74) is 4.78. The number of urea groups is 1. The smallest absolute Gasteiger partial charge is 0.323 e. The Morgan fingerprint density at radius 3 is 2.26 bits per heavy atom. The van der Waals surface area contributed by atoms with Crippen molar-refractivity contribution in [2.24, 2.45) is 5.92 Å². The average molecular weight is 640 g/mol. The van der Waals surface area contributed by atoms with E-state index in [1.54, 1.807) is 10.8 Å². The molecule has 2 N–H and O–H groups in total. The zero-order valence-electron chi connectivity index (χ0n) is 28.6. The van der Waals surface area contributed by atoms with Gasteiger partial charge in [0.05, 0.1) is 13.2 Å². The number of nitrogens with one attached hydrogen (secondary N) is 2. The number of hydrogen-bond acceptors (Lipinski definition) is 6. The van der Waals surface area contributed by atoms with Crippen molar-refractivity contribution in [2.45, 2.75) is 66.3 Å². The standard InChI is InChI=1S/C38H49N5O4/c1-25(2)15-17-43-36-32(14-9-16-39-36)33(28-10-7-11-29(24-28)47-23-20-42-18-21-46-22-19-42)35(37(43)44)41-38(45)40-34-30(26(3)4)12-8-13-31(34)27(5)6/h7-14,16,24-27H,15,17-23H2,1-6H3,(H2,40,41,45). The number of fused-ring (bicyclic) bond motifs is 1. The summed E-state index contributed by atoms with van der Waals surface area (Å²) >= 11 is 0. The van der Waals surface area contributed by atoms with Gasteiger partial charge in [-0.25, -0.2) is 9.78 Å². The molecule has 9 nitrogen and oxygen atoms in total. The van der Waals surface area contributed by atoms with E-state index in [0.717, 1.165) is 67.0 Å². The fourth-order valence-corrected chi connectivity index (χ4v) is 6.10. The number of carbonyl (C=O) groups excluding carboxylic acids is 1. The van der Waals surface area contributed by atoms with E-state index in [4.69, 9.17) is 9.47 Å². The molecule has 3 heterocycles. The third-order valence-electron chi connectivity index (χ3n) is 8.70. The molecule has 0 saturated carbocycles. The molecule has 2 aromatic heterocycles.